The molecule has 17 heavy (non-hydrogen) atoms. The third-order valence-corrected chi connectivity index (χ3v) is 2.40. The van der Waals surface area contributed by atoms with Gasteiger partial charge in [0, 0.05) is 6.21 Å². The molecule has 0 saturated carbocycles. The van der Waals surface area contributed by atoms with Gasteiger partial charge in [0.1, 0.15) is 0 Å². The van der Waals surface area contributed by atoms with Gasteiger partial charge in [0.05, 0.1) is 17.3 Å². The highest BCUT2D eigenvalue weighted by atomic mass is 14.7. The van der Waals surface area contributed by atoms with Crippen molar-refractivity contribution in [2.24, 2.45) is 4.99 Å². The highest BCUT2D eigenvalue weighted by Gasteiger charge is 1.91. The molecule has 0 atom stereocenters. The Morgan fingerprint density at radius 2 is 1.88 bits per heavy atom. The van der Waals surface area contributed by atoms with Crippen LogP contribution in [0.5, 0.6) is 0 Å². The molecule has 2 heteroatoms. The van der Waals surface area contributed by atoms with Crippen molar-refractivity contribution in [3.05, 3.63) is 65.2 Å². The maximum Gasteiger partial charge on any atom is 0.0991 e. The van der Waals surface area contributed by atoms with Crippen LogP contribution in [0.25, 0.3) is 0 Å². The van der Waals surface area contributed by atoms with Gasteiger partial charge >= 0.3 is 0 Å². The summed E-state index contributed by atoms with van der Waals surface area (Å²) < 4.78 is 0. The van der Waals surface area contributed by atoms with Gasteiger partial charge in [-0.2, -0.15) is 5.26 Å². The minimum absolute atomic E-state index is 0.665. The van der Waals surface area contributed by atoms with E-state index < -0.39 is 0 Å². The summed E-state index contributed by atoms with van der Waals surface area (Å²) in [4.78, 5) is 4.38. The number of benzene rings is 2. The van der Waals surface area contributed by atoms with Crippen molar-refractivity contribution < 1.29 is 0 Å². The predicted octanol–water partition coefficient (Wildman–Crippen LogP) is 3.62. The highest BCUT2D eigenvalue weighted by Crippen LogP contribution is 2.13. The minimum atomic E-state index is 0.665. The highest BCUT2D eigenvalue weighted by molar-refractivity contribution is 5.82. The molecule has 0 amide bonds. The van der Waals surface area contributed by atoms with Crippen LogP contribution in [-0.2, 0) is 0 Å². The molecule has 0 saturated heterocycles. The van der Waals surface area contributed by atoms with Crippen LogP contribution in [0.3, 0.4) is 0 Å². The average molecular weight is 220 g/mol. The van der Waals surface area contributed by atoms with E-state index in [1.165, 1.54) is 5.56 Å². The molecule has 0 aliphatic carbocycles. The largest absolute Gasteiger partial charge is 0.256 e. The van der Waals surface area contributed by atoms with E-state index >= 15 is 0 Å². The van der Waals surface area contributed by atoms with Gasteiger partial charge in [0.25, 0.3) is 0 Å². The Hall–Kier alpha value is -2.40. The van der Waals surface area contributed by atoms with E-state index in [4.69, 9.17) is 5.26 Å². The van der Waals surface area contributed by atoms with Gasteiger partial charge in [-0.05, 0) is 42.3 Å². The number of hydrogen-bond acceptors (Lipinski definition) is 2. The van der Waals surface area contributed by atoms with Gasteiger partial charge in [-0.3, -0.25) is 4.99 Å². The van der Waals surface area contributed by atoms with Crippen molar-refractivity contribution in [1.29, 1.82) is 5.26 Å². The van der Waals surface area contributed by atoms with Crippen LogP contribution >= 0.6 is 0 Å². The molecular formula is C15H12N2. The molecule has 0 N–H and O–H groups in total. The second-order valence-electron chi connectivity index (χ2n) is 3.83. The fourth-order valence-corrected chi connectivity index (χ4v) is 1.50. The molecule has 0 radical (unpaired) electrons. The van der Waals surface area contributed by atoms with Crippen LogP contribution in [-0.4, -0.2) is 6.21 Å². The summed E-state index contributed by atoms with van der Waals surface area (Å²) in [6, 6.07) is 17.5. The Morgan fingerprint density at radius 3 is 2.53 bits per heavy atom. The van der Waals surface area contributed by atoms with Gasteiger partial charge < -0.3 is 0 Å². The fraction of sp³-hybridized carbons (Fsp3) is 0.0667. The number of aryl methyl sites for hydroxylation is 1. The molecule has 0 aliphatic rings. The summed E-state index contributed by atoms with van der Waals surface area (Å²) in [5, 5.41) is 8.68. The Labute approximate surface area is 101 Å². The number of aliphatic imine (C=N–C) groups is 1. The van der Waals surface area contributed by atoms with Crippen LogP contribution in [0, 0.1) is 18.3 Å². The molecule has 82 valence electrons. The SMILES string of the molecule is Cc1cccc(N=Cc2ccc(C#N)cc2)c1. The molecule has 0 spiro atoms. The summed E-state index contributed by atoms with van der Waals surface area (Å²) in [5.74, 6) is 0. The first kappa shape index (κ1) is 11.1. The topological polar surface area (TPSA) is 36.1 Å². The molecule has 2 rings (SSSR count). The molecule has 0 bridgehead atoms. The molecule has 0 fully saturated rings. The van der Waals surface area contributed by atoms with E-state index in [0.29, 0.717) is 5.56 Å². The Kier molecular flexibility index (Phi) is 3.32. The monoisotopic (exact) mass is 220 g/mol. The number of nitriles is 1. The van der Waals surface area contributed by atoms with E-state index in [-0.39, 0.29) is 0 Å². The quantitative estimate of drug-likeness (QED) is 0.712. The second-order valence-corrected chi connectivity index (χ2v) is 3.83. The van der Waals surface area contributed by atoms with Crippen LogP contribution in [0.2, 0.25) is 0 Å². The zero-order valence-electron chi connectivity index (χ0n) is 9.59. The number of hydrogen-bond donors (Lipinski definition) is 0. The Balaban J connectivity index is 2.17. The standard InChI is InChI=1S/C15H12N2/c1-12-3-2-4-15(9-12)17-11-14-7-5-13(10-16)6-8-14/h2-9,11H,1H3. The van der Waals surface area contributed by atoms with Gasteiger partial charge in [-0.1, -0.05) is 24.3 Å². The second kappa shape index (κ2) is 5.09. The third-order valence-electron chi connectivity index (χ3n) is 2.40. The fourth-order valence-electron chi connectivity index (χ4n) is 1.50. The smallest absolute Gasteiger partial charge is 0.0991 e. The van der Waals surface area contributed by atoms with Crippen molar-refractivity contribution in [2.75, 3.05) is 0 Å². The van der Waals surface area contributed by atoms with Crippen LogP contribution in [0.15, 0.2) is 53.5 Å². The van der Waals surface area contributed by atoms with E-state index in [9.17, 15) is 0 Å². The molecule has 0 unspecified atom stereocenters. The molecule has 0 aromatic heterocycles. The summed E-state index contributed by atoms with van der Waals surface area (Å²) >= 11 is 0. The third kappa shape index (κ3) is 3.02. The minimum Gasteiger partial charge on any atom is -0.256 e. The first-order valence-corrected chi connectivity index (χ1v) is 5.39. The summed E-state index contributed by atoms with van der Waals surface area (Å²) in [7, 11) is 0. The van der Waals surface area contributed by atoms with E-state index in [1.807, 2.05) is 43.3 Å². The van der Waals surface area contributed by atoms with Crippen molar-refractivity contribution >= 4 is 11.9 Å². The molecular weight excluding hydrogens is 208 g/mol. The Morgan fingerprint density at radius 1 is 1.12 bits per heavy atom. The first-order valence-electron chi connectivity index (χ1n) is 5.39. The molecule has 0 heterocycles. The van der Waals surface area contributed by atoms with Crippen molar-refractivity contribution in [2.45, 2.75) is 6.92 Å². The van der Waals surface area contributed by atoms with E-state index in [1.54, 1.807) is 18.3 Å². The average Bonchev–Trinajstić information content (AvgIpc) is 2.37. The van der Waals surface area contributed by atoms with Gasteiger partial charge in [0.15, 0.2) is 0 Å². The summed E-state index contributed by atoms with van der Waals surface area (Å²) in [5.41, 5.74) is 3.79. The van der Waals surface area contributed by atoms with Crippen molar-refractivity contribution in [3.8, 4) is 6.07 Å². The Bertz CT molecular complexity index is 575. The summed E-state index contributed by atoms with van der Waals surface area (Å²) in [6.07, 6.45) is 1.80. The lowest BCUT2D eigenvalue weighted by atomic mass is 10.1. The summed E-state index contributed by atoms with van der Waals surface area (Å²) in [6.45, 7) is 2.04. The normalized spacial score (nSPS) is 10.4. The van der Waals surface area contributed by atoms with Crippen molar-refractivity contribution in [3.63, 3.8) is 0 Å². The first-order chi connectivity index (χ1) is 8.28. The van der Waals surface area contributed by atoms with Crippen LogP contribution in [0.4, 0.5) is 5.69 Å². The maximum absolute atomic E-state index is 8.68. The van der Waals surface area contributed by atoms with Gasteiger partial charge in [-0.25, -0.2) is 0 Å². The van der Waals surface area contributed by atoms with Crippen LogP contribution in [0.1, 0.15) is 16.7 Å². The molecule has 2 aromatic carbocycles. The van der Waals surface area contributed by atoms with Gasteiger partial charge in [0.2, 0.25) is 0 Å². The molecule has 2 nitrogen and oxygen atoms in total. The predicted molar refractivity (Wildman–Crippen MR) is 69.6 cm³/mol. The number of rotatable bonds is 2. The van der Waals surface area contributed by atoms with E-state index in [0.717, 1.165) is 11.3 Å². The van der Waals surface area contributed by atoms with Gasteiger partial charge in [-0.15, -0.1) is 0 Å². The maximum atomic E-state index is 8.68. The van der Waals surface area contributed by atoms with Crippen molar-refractivity contribution in [1.82, 2.24) is 0 Å². The molecule has 2 aromatic rings. The zero-order chi connectivity index (χ0) is 12.1. The van der Waals surface area contributed by atoms with E-state index in [2.05, 4.69) is 11.1 Å². The zero-order valence-corrected chi connectivity index (χ0v) is 9.59. The molecule has 0 aliphatic heterocycles. The lowest BCUT2D eigenvalue weighted by Crippen LogP contribution is -1.81. The van der Waals surface area contributed by atoms with Crippen LogP contribution < -0.4 is 0 Å². The number of nitrogens with zero attached hydrogens (tertiary/aromatic N) is 2. The lowest BCUT2D eigenvalue weighted by molar-refractivity contribution is 1.43. The lowest BCUT2D eigenvalue weighted by Gasteiger charge is -1.96.